The molecule has 3 rings (SSSR count). The van der Waals surface area contributed by atoms with Gasteiger partial charge < -0.3 is 25.7 Å². The number of carbonyl (C=O) groups is 3. The lowest BCUT2D eigenvalue weighted by atomic mass is 9.82. The molecule has 1 aliphatic rings. The normalized spacial score (nSPS) is 16.9. The number of aromatic nitrogens is 1. The zero-order valence-electron chi connectivity index (χ0n) is 28.8. The van der Waals surface area contributed by atoms with Crippen molar-refractivity contribution in [3.63, 3.8) is 0 Å². The van der Waals surface area contributed by atoms with E-state index < -0.39 is 60.7 Å². The lowest BCUT2D eigenvalue weighted by Gasteiger charge is -2.33. The van der Waals surface area contributed by atoms with E-state index >= 15 is 0 Å². The number of terminal acetylenes is 1. The fourth-order valence-corrected chi connectivity index (χ4v) is 6.83. The standard InChI is InChI=1S/C36H50F3N5O5S/c1-4-11-31(45)33(47)29(19-26-14-9-6-10-15-26)41-35(49)30(21-28-22-50-24-40-28)42-34(48)27(18-25-12-7-5-8-13-25)20-32(46)44(3)17-16-43(2)23-36(37,38)39/h1,5,7-8,12-13,22,24,26-27,29-31,33,45,47H,6,9-11,14-21,23H2,2-3H3,(H,41,49)(H,42,48)/t27-,29+,30+,31+,33-/m1/s1. The van der Waals surface area contributed by atoms with E-state index in [4.69, 9.17) is 6.42 Å². The lowest BCUT2D eigenvalue weighted by molar-refractivity contribution is -0.144. The van der Waals surface area contributed by atoms with Crippen LogP contribution in [0.5, 0.6) is 0 Å². The minimum atomic E-state index is -4.37. The van der Waals surface area contributed by atoms with E-state index in [1.54, 1.807) is 23.0 Å². The molecule has 1 saturated carbocycles. The Bertz CT molecular complexity index is 1370. The molecule has 1 heterocycles. The Morgan fingerprint density at radius 1 is 1.04 bits per heavy atom. The number of aliphatic hydroxyl groups excluding tert-OH is 2. The van der Waals surface area contributed by atoms with Crippen LogP contribution in [0, 0.1) is 24.2 Å². The van der Waals surface area contributed by atoms with Crippen molar-refractivity contribution in [2.75, 3.05) is 33.7 Å². The number of alkyl halides is 3. The van der Waals surface area contributed by atoms with Crippen LogP contribution in [0.25, 0.3) is 0 Å². The highest BCUT2D eigenvalue weighted by atomic mass is 32.1. The van der Waals surface area contributed by atoms with E-state index in [9.17, 15) is 37.8 Å². The number of thiazole rings is 1. The van der Waals surface area contributed by atoms with Crippen molar-refractivity contribution in [2.45, 2.75) is 94.7 Å². The number of aliphatic hydroxyl groups is 2. The van der Waals surface area contributed by atoms with Crippen molar-refractivity contribution in [1.82, 2.24) is 25.4 Å². The number of rotatable bonds is 19. The summed E-state index contributed by atoms with van der Waals surface area (Å²) in [7, 11) is 2.80. The number of amides is 3. The molecular weight excluding hydrogens is 671 g/mol. The number of nitrogens with one attached hydrogen (secondary N) is 2. The van der Waals surface area contributed by atoms with Gasteiger partial charge in [-0.05, 0) is 31.4 Å². The minimum absolute atomic E-state index is 0.0168. The van der Waals surface area contributed by atoms with E-state index in [1.165, 1.54) is 30.3 Å². The smallest absolute Gasteiger partial charge is 0.389 e. The maximum atomic E-state index is 14.0. The summed E-state index contributed by atoms with van der Waals surface area (Å²) in [4.78, 5) is 47.9. The van der Waals surface area contributed by atoms with Crippen LogP contribution in [0.1, 0.15) is 62.6 Å². The van der Waals surface area contributed by atoms with Gasteiger partial charge in [0.1, 0.15) is 12.1 Å². The molecule has 0 spiro atoms. The predicted octanol–water partition coefficient (Wildman–Crippen LogP) is 3.57. The number of benzene rings is 1. The molecule has 1 aromatic heterocycles. The van der Waals surface area contributed by atoms with E-state index in [-0.39, 0.29) is 44.7 Å². The Morgan fingerprint density at radius 2 is 1.74 bits per heavy atom. The molecule has 5 atom stereocenters. The molecule has 1 aromatic carbocycles. The number of hydrogen-bond acceptors (Lipinski definition) is 8. The maximum absolute atomic E-state index is 14.0. The van der Waals surface area contributed by atoms with Crippen LogP contribution in [0.15, 0.2) is 41.2 Å². The molecule has 276 valence electrons. The second-order valence-corrected chi connectivity index (χ2v) is 14.0. The van der Waals surface area contributed by atoms with E-state index in [2.05, 4.69) is 21.5 Å². The number of carbonyl (C=O) groups excluding carboxylic acids is 3. The summed E-state index contributed by atoms with van der Waals surface area (Å²) in [6.07, 6.45) is 3.81. The Balaban J connectivity index is 1.80. The van der Waals surface area contributed by atoms with Gasteiger partial charge in [-0.2, -0.15) is 13.2 Å². The molecule has 3 amide bonds. The number of nitrogens with zero attached hydrogens (tertiary/aromatic N) is 3. The zero-order chi connectivity index (χ0) is 36.7. The molecule has 0 bridgehead atoms. The molecule has 0 unspecified atom stereocenters. The summed E-state index contributed by atoms with van der Waals surface area (Å²) in [5.41, 5.74) is 2.95. The highest BCUT2D eigenvalue weighted by Gasteiger charge is 2.35. The van der Waals surface area contributed by atoms with Crippen LogP contribution in [0.3, 0.4) is 0 Å². The number of halogens is 3. The Kier molecular flexibility index (Phi) is 16.7. The van der Waals surface area contributed by atoms with Gasteiger partial charge in [0.05, 0.1) is 35.8 Å². The third kappa shape index (κ3) is 14.4. The van der Waals surface area contributed by atoms with Crippen molar-refractivity contribution in [1.29, 1.82) is 0 Å². The molecule has 0 aliphatic heterocycles. The van der Waals surface area contributed by atoms with Crippen LogP contribution in [-0.2, 0) is 27.2 Å². The molecule has 0 saturated heterocycles. The first-order valence-electron chi connectivity index (χ1n) is 17.1. The average molecular weight is 722 g/mol. The zero-order valence-corrected chi connectivity index (χ0v) is 29.6. The number of hydrogen-bond donors (Lipinski definition) is 4. The summed E-state index contributed by atoms with van der Waals surface area (Å²) in [6.45, 7) is -1.11. The maximum Gasteiger partial charge on any atom is 0.401 e. The summed E-state index contributed by atoms with van der Waals surface area (Å²) in [6, 6.07) is 7.12. The average Bonchev–Trinajstić information content (AvgIpc) is 3.59. The Morgan fingerprint density at radius 3 is 2.36 bits per heavy atom. The molecule has 14 heteroatoms. The van der Waals surface area contributed by atoms with Crippen molar-refractivity contribution in [2.24, 2.45) is 11.8 Å². The van der Waals surface area contributed by atoms with Crippen molar-refractivity contribution in [3.8, 4) is 12.3 Å². The molecule has 10 nitrogen and oxygen atoms in total. The van der Waals surface area contributed by atoms with Gasteiger partial charge >= 0.3 is 6.18 Å². The molecule has 50 heavy (non-hydrogen) atoms. The first kappa shape index (κ1) is 40.9. The van der Waals surface area contributed by atoms with E-state index in [0.717, 1.165) is 42.6 Å². The Hall–Kier alpha value is -3.51. The van der Waals surface area contributed by atoms with Crippen LogP contribution in [0.4, 0.5) is 13.2 Å². The highest BCUT2D eigenvalue weighted by molar-refractivity contribution is 7.07. The van der Waals surface area contributed by atoms with E-state index in [0.29, 0.717) is 12.1 Å². The van der Waals surface area contributed by atoms with Gasteiger partial charge in [-0.25, -0.2) is 4.98 Å². The van der Waals surface area contributed by atoms with Crippen molar-refractivity contribution >= 4 is 29.1 Å². The van der Waals surface area contributed by atoms with Gasteiger partial charge in [-0.15, -0.1) is 23.7 Å². The SMILES string of the molecule is C#CC[C@H](O)[C@H](O)[C@H](CC1CCCCC1)NC(=O)[C@H](Cc1cscn1)NC(=O)[C@@H](CC(=O)N(C)CCN(C)CC(F)(F)F)Cc1ccccc1. The lowest BCUT2D eigenvalue weighted by Crippen LogP contribution is -2.56. The molecular formula is C36H50F3N5O5S. The van der Waals surface area contributed by atoms with Crippen LogP contribution in [-0.4, -0.2) is 107 Å². The second kappa shape index (κ2) is 20.4. The van der Waals surface area contributed by atoms with Gasteiger partial charge in [-0.3, -0.25) is 19.3 Å². The first-order chi connectivity index (χ1) is 23.8. The summed E-state index contributed by atoms with van der Waals surface area (Å²) >= 11 is 1.33. The monoisotopic (exact) mass is 721 g/mol. The summed E-state index contributed by atoms with van der Waals surface area (Å²) in [5.74, 6) is 0.113. The summed E-state index contributed by atoms with van der Waals surface area (Å²) in [5, 5.41) is 29.1. The molecule has 2 aromatic rings. The van der Waals surface area contributed by atoms with Gasteiger partial charge in [0.2, 0.25) is 17.7 Å². The van der Waals surface area contributed by atoms with Crippen molar-refractivity contribution in [3.05, 3.63) is 52.5 Å². The van der Waals surface area contributed by atoms with E-state index in [1.807, 2.05) is 18.2 Å². The molecule has 4 N–H and O–H groups in total. The predicted molar refractivity (Wildman–Crippen MR) is 186 cm³/mol. The Labute approximate surface area is 296 Å². The highest BCUT2D eigenvalue weighted by Crippen LogP contribution is 2.29. The van der Waals surface area contributed by atoms with Crippen molar-refractivity contribution < 1.29 is 37.8 Å². The van der Waals surface area contributed by atoms with Gasteiger partial charge in [0.15, 0.2) is 0 Å². The quantitative estimate of drug-likeness (QED) is 0.163. The topological polar surface area (TPSA) is 135 Å². The van der Waals surface area contributed by atoms with Crippen LogP contribution >= 0.6 is 11.3 Å². The van der Waals surface area contributed by atoms with Gasteiger partial charge in [0, 0.05) is 44.8 Å². The third-order valence-corrected chi connectivity index (χ3v) is 9.75. The molecule has 1 aliphatic carbocycles. The van der Waals surface area contributed by atoms with Crippen LogP contribution in [0.2, 0.25) is 0 Å². The molecule has 0 radical (unpaired) electrons. The fourth-order valence-electron chi connectivity index (χ4n) is 6.26. The van der Waals surface area contributed by atoms with Crippen LogP contribution < -0.4 is 10.6 Å². The third-order valence-electron chi connectivity index (χ3n) is 9.11. The molecule has 1 fully saturated rings. The number of likely N-dealkylation sites (N-methyl/N-ethyl adjacent to an activating group) is 2. The first-order valence-corrected chi connectivity index (χ1v) is 18.0. The fraction of sp³-hybridized carbons (Fsp3) is 0.611. The van der Waals surface area contributed by atoms with Gasteiger partial charge in [-0.1, -0.05) is 62.4 Å². The second-order valence-electron chi connectivity index (χ2n) is 13.3. The largest absolute Gasteiger partial charge is 0.401 e. The summed E-state index contributed by atoms with van der Waals surface area (Å²) < 4.78 is 38.4. The van der Waals surface area contributed by atoms with Gasteiger partial charge in [0.25, 0.3) is 0 Å². The minimum Gasteiger partial charge on any atom is -0.389 e.